The second-order valence-electron chi connectivity index (χ2n) is 11.5. The van der Waals surface area contributed by atoms with E-state index in [2.05, 4.69) is 19.1 Å². The summed E-state index contributed by atoms with van der Waals surface area (Å²) in [6, 6.07) is 7.77. The van der Waals surface area contributed by atoms with Gasteiger partial charge in [-0.15, -0.1) is 0 Å². The van der Waals surface area contributed by atoms with Crippen LogP contribution in [0.5, 0.6) is 5.75 Å². The molecule has 0 saturated carbocycles. The zero-order valence-electron chi connectivity index (χ0n) is 27.2. The number of rotatable bonds is 27. The van der Waals surface area contributed by atoms with E-state index in [4.69, 9.17) is 28.4 Å². The Morgan fingerprint density at radius 3 is 2.35 bits per heavy atom. The molecule has 1 aliphatic rings. The van der Waals surface area contributed by atoms with Crippen molar-refractivity contribution in [3.8, 4) is 5.75 Å². The van der Waals surface area contributed by atoms with Crippen molar-refractivity contribution in [1.82, 2.24) is 0 Å². The first kappa shape index (κ1) is 37.3. The monoisotopic (exact) mass is 604 g/mol. The third-order valence-electron chi connectivity index (χ3n) is 7.71. The minimum Gasteiger partial charge on any atom is -0.496 e. The lowest BCUT2D eigenvalue weighted by atomic mass is 10.1. The Labute approximate surface area is 262 Å². The van der Waals surface area contributed by atoms with E-state index in [0.717, 1.165) is 62.9 Å². The van der Waals surface area contributed by atoms with Crippen LogP contribution in [-0.4, -0.2) is 58.5 Å². The molecule has 1 heterocycles. The van der Waals surface area contributed by atoms with Crippen LogP contribution in [0.25, 0.3) is 0 Å². The molecule has 0 N–H and O–H groups in total. The molecule has 2 atom stereocenters. The van der Waals surface area contributed by atoms with Crippen LogP contribution in [0.3, 0.4) is 0 Å². The first-order valence-corrected chi connectivity index (χ1v) is 17.1. The molecule has 7 heteroatoms. The normalized spacial score (nSPS) is 16.0. The van der Waals surface area contributed by atoms with Gasteiger partial charge < -0.3 is 28.4 Å². The summed E-state index contributed by atoms with van der Waals surface area (Å²) in [5.41, 5.74) is 0.961. The van der Waals surface area contributed by atoms with Gasteiger partial charge in [-0.25, -0.2) is 0 Å². The van der Waals surface area contributed by atoms with E-state index in [9.17, 15) is 4.79 Å². The van der Waals surface area contributed by atoms with Crippen molar-refractivity contribution in [2.45, 2.75) is 135 Å². The van der Waals surface area contributed by atoms with E-state index in [1.807, 2.05) is 24.3 Å². The molecule has 0 radical (unpaired) electrons. The quantitative estimate of drug-likeness (QED) is 0.0565. The largest absolute Gasteiger partial charge is 0.496 e. The Morgan fingerprint density at radius 2 is 1.63 bits per heavy atom. The number of hydrogen-bond donors (Lipinski definition) is 0. The molecule has 1 aromatic carbocycles. The van der Waals surface area contributed by atoms with Gasteiger partial charge in [0.15, 0.2) is 6.29 Å². The first-order chi connectivity index (χ1) is 21.2. The zero-order valence-corrected chi connectivity index (χ0v) is 27.2. The number of carbonyl (C=O) groups is 1. The molecule has 0 bridgehead atoms. The molecule has 1 aliphatic heterocycles. The maximum Gasteiger partial charge on any atom is 0.305 e. The maximum atomic E-state index is 12.4. The van der Waals surface area contributed by atoms with Gasteiger partial charge in [-0.1, -0.05) is 88.6 Å². The molecule has 2 rings (SSSR count). The zero-order chi connectivity index (χ0) is 30.6. The molecule has 0 amide bonds. The lowest BCUT2D eigenvalue weighted by Crippen LogP contribution is -2.30. The Morgan fingerprint density at radius 1 is 0.907 bits per heavy atom. The van der Waals surface area contributed by atoms with Gasteiger partial charge in [0.25, 0.3) is 0 Å². The van der Waals surface area contributed by atoms with Gasteiger partial charge in [0, 0.05) is 18.6 Å². The van der Waals surface area contributed by atoms with Crippen molar-refractivity contribution < 1.29 is 33.2 Å². The number of para-hydroxylation sites is 1. The minimum atomic E-state index is -0.372. The topological polar surface area (TPSA) is 72.5 Å². The predicted octanol–water partition coefficient (Wildman–Crippen LogP) is 8.72. The van der Waals surface area contributed by atoms with Crippen LogP contribution in [0.15, 0.2) is 36.4 Å². The summed E-state index contributed by atoms with van der Waals surface area (Å²) in [4.78, 5) is 12.4. The first-order valence-electron chi connectivity index (χ1n) is 17.1. The standard InChI is InChI=1S/C36H60O7/c1-3-4-5-6-7-8-9-10-11-12-13-14-15-16-17-24-35(37)43-31-33(40-27-28-42-36-25-20-21-26-41-36)30-39-29-32-22-18-19-23-34(32)38-2/h10-11,18-19,22-23,33,36H,3-9,12-17,20-21,24-31H2,1-2H3/t33-,36?/m1/s1. The van der Waals surface area contributed by atoms with E-state index in [0.29, 0.717) is 32.8 Å². The minimum absolute atomic E-state index is 0.151. The van der Waals surface area contributed by atoms with E-state index in [-0.39, 0.29) is 25.0 Å². The lowest BCUT2D eigenvalue weighted by molar-refractivity contribution is -0.175. The van der Waals surface area contributed by atoms with Gasteiger partial charge in [-0.2, -0.15) is 0 Å². The van der Waals surface area contributed by atoms with Crippen LogP contribution >= 0.6 is 0 Å². The highest BCUT2D eigenvalue weighted by atomic mass is 16.7. The molecule has 1 saturated heterocycles. The van der Waals surface area contributed by atoms with Crippen molar-refractivity contribution in [2.75, 3.05) is 40.1 Å². The van der Waals surface area contributed by atoms with Crippen LogP contribution in [0.1, 0.15) is 122 Å². The fraction of sp³-hybridized carbons (Fsp3) is 0.750. The van der Waals surface area contributed by atoms with Crippen LogP contribution in [0.4, 0.5) is 0 Å². The average Bonchev–Trinajstić information content (AvgIpc) is 3.04. The van der Waals surface area contributed by atoms with Crippen LogP contribution in [0, 0.1) is 0 Å². The number of methoxy groups -OCH3 is 1. The number of allylic oxidation sites excluding steroid dienone is 2. The van der Waals surface area contributed by atoms with E-state index in [1.165, 1.54) is 57.8 Å². The average molecular weight is 605 g/mol. The molecule has 0 aromatic heterocycles. The molecule has 0 spiro atoms. The maximum absolute atomic E-state index is 12.4. The van der Waals surface area contributed by atoms with E-state index < -0.39 is 0 Å². The molecule has 1 unspecified atom stereocenters. The second kappa shape index (κ2) is 26.5. The summed E-state index contributed by atoms with van der Waals surface area (Å²) >= 11 is 0. The number of unbranched alkanes of at least 4 members (excludes halogenated alkanes) is 11. The number of ether oxygens (including phenoxy) is 6. The highest BCUT2D eigenvalue weighted by molar-refractivity contribution is 5.69. The van der Waals surface area contributed by atoms with Crippen molar-refractivity contribution in [3.63, 3.8) is 0 Å². The Balaban J connectivity index is 1.56. The third-order valence-corrected chi connectivity index (χ3v) is 7.71. The van der Waals surface area contributed by atoms with Crippen LogP contribution in [0.2, 0.25) is 0 Å². The Hall–Kier alpha value is -1.93. The van der Waals surface area contributed by atoms with Gasteiger partial charge in [0.1, 0.15) is 18.5 Å². The molecule has 1 aromatic rings. The number of benzene rings is 1. The number of hydrogen-bond acceptors (Lipinski definition) is 7. The highest BCUT2D eigenvalue weighted by Crippen LogP contribution is 2.18. The highest BCUT2D eigenvalue weighted by Gasteiger charge is 2.16. The molecular weight excluding hydrogens is 544 g/mol. The molecule has 43 heavy (non-hydrogen) atoms. The summed E-state index contributed by atoms with van der Waals surface area (Å²) in [5.74, 6) is 0.607. The van der Waals surface area contributed by atoms with Crippen LogP contribution in [-0.2, 0) is 35.1 Å². The Bertz CT molecular complexity index is 822. The molecule has 246 valence electrons. The van der Waals surface area contributed by atoms with Crippen molar-refractivity contribution >= 4 is 5.97 Å². The van der Waals surface area contributed by atoms with Gasteiger partial charge >= 0.3 is 5.97 Å². The van der Waals surface area contributed by atoms with Crippen LogP contribution < -0.4 is 4.74 Å². The summed E-state index contributed by atoms with van der Waals surface area (Å²) in [7, 11) is 1.65. The van der Waals surface area contributed by atoms with Gasteiger partial charge in [-0.05, 0) is 57.4 Å². The molecule has 0 aliphatic carbocycles. The lowest BCUT2D eigenvalue weighted by Gasteiger charge is -2.23. The SMILES string of the molecule is CCCCCCCCC=CCCCCCCCC(=O)OC[C@@H](COCc1ccccc1OC)OCCOC1CCCCO1. The fourth-order valence-corrected chi connectivity index (χ4v) is 5.10. The van der Waals surface area contributed by atoms with E-state index in [1.54, 1.807) is 7.11 Å². The third kappa shape index (κ3) is 19.9. The van der Waals surface area contributed by atoms with E-state index >= 15 is 0 Å². The summed E-state index contributed by atoms with van der Waals surface area (Å²) in [6.45, 7) is 4.68. The number of esters is 1. The smallest absolute Gasteiger partial charge is 0.305 e. The van der Waals surface area contributed by atoms with Gasteiger partial charge in [0.2, 0.25) is 0 Å². The molecule has 7 nitrogen and oxygen atoms in total. The predicted molar refractivity (Wildman–Crippen MR) is 172 cm³/mol. The van der Waals surface area contributed by atoms with Crippen molar-refractivity contribution in [1.29, 1.82) is 0 Å². The van der Waals surface area contributed by atoms with Crippen molar-refractivity contribution in [3.05, 3.63) is 42.0 Å². The fourth-order valence-electron chi connectivity index (χ4n) is 5.10. The summed E-state index contributed by atoms with van der Waals surface area (Å²) in [5, 5.41) is 0. The molecular formula is C36H60O7. The number of carbonyl (C=O) groups excluding carboxylic acids is 1. The summed E-state index contributed by atoms with van der Waals surface area (Å²) in [6.07, 6.45) is 23.8. The second-order valence-corrected chi connectivity index (χ2v) is 11.5. The van der Waals surface area contributed by atoms with Crippen molar-refractivity contribution in [2.24, 2.45) is 0 Å². The summed E-state index contributed by atoms with van der Waals surface area (Å²) < 4.78 is 34.3. The molecule has 1 fully saturated rings. The Kier molecular flexibility index (Phi) is 22.9. The van der Waals surface area contributed by atoms with Gasteiger partial charge in [-0.3, -0.25) is 4.79 Å². The van der Waals surface area contributed by atoms with Gasteiger partial charge in [0.05, 0.1) is 33.5 Å².